The molecule has 2 aliphatic rings. The Morgan fingerprint density at radius 2 is 2.09 bits per heavy atom. The molecule has 5 rings (SSSR count). The first-order valence-corrected chi connectivity index (χ1v) is 12.0. The van der Waals surface area contributed by atoms with Crippen molar-refractivity contribution >= 4 is 41.0 Å². The lowest BCUT2D eigenvalue weighted by molar-refractivity contribution is -0.447. The number of halogens is 1. The number of nitrogens with zero attached hydrogens (tertiary/aromatic N) is 4. The molecule has 0 bridgehead atoms. The summed E-state index contributed by atoms with van der Waals surface area (Å²) in [5.74, 6) is 1.44. The van der Waals surface area contributed by atoms with Crippen molar-refractivity contribution in [2.75, 3.05) is 30.3 Å². The van der Waals surface area contributed by atoms with E-state index < -0.39 is 0 Å². The molecule has 0 spiro atoms. The van der Waals surface area contributed by atoms with Gasteiger partial charge in [-0.25, -0.2) is 9.56 Å². The number of carbonyl (C=O) groups is 1. The number of nitrogens with one attached hydrogen (secondary N) is 2. The van der Waals surface area contributed by atoms with E-state index in [9.17, 15) is 4.79 Å². The number of carbonyl (C=O) groups excluding carboxylic acids is 1. The molecule has 0 radical (unpaired) electrons. The van der Waals surface area contributed by atoms with Crippen molar-refractivity contribution in [2.45, 2.75) is 32.9 Å². The fourth-order valence-corrected chi connectivity index (χ4v) is 4.38. The van der Waals surface area contributed by atoms with E-state index in [0.717, 1.165) is 60.3 Å². The van der Waals surface area contributed by atoms with Crippen molar-refractivity contribution < 1.29 is 9.37 Å². The van der Waals surface area contributed by atoms with E-state index in [-0.39, 0.29) is 11.9 Å². The summed E-state index contributed by atoms with van der Waals surface area (Å²) in [5.41, 5.74) is 4.27. The standard InChI is InChI=1S/C26H27ClN6O/c1-3-33-16-23-25(33)31-24(14-28-23)29-17(2)18-6-4-7-21(12-18)30-26(34)19-8-9-20(22(27)13-19)15-32-10-5-11-32/h4,6-9,12-14,16-17H,3,5,10-11,15H2,1-2H3,(H,30,34)/p+1. The van der Waals surface area contributed by atoms with Gasteiger partial charge in [0.15, 0.2) is 5.69 Å². The smallest absolute Gasteiger partial charge is 0.342 e. The molecule has 1 saturated heterocycles. The van der Waals surface area contributed by atoms with Crippen LogP contribution < -0.4 is 10.6 Å². The third-order valence-electron chi connectivity index (χ3n) is 6.34. The number of aromatic nitrogens is 2. The molecule has 1 aromatic heterocycles. The highest BCUT2D eigenvalue weighted by Gasteiger charge is 2.28. The average molecular weight is 476 g/mol. The minimum Gasteiger partial charge on any atom is -0.342 e. The maximum Gasteiger partial charge on any atom is 0.355 e. The topological polar surface area (TPSA) is 73.2 Å². The van der Waals surface area contributed by atoms with Crippen LogP contribution in [0, 0.1) is 0 Å². The van der Waals surface area contributed by atoms with Crippen LogP contribution in [0.15, 0.2) is 48.7 Å². The molecule has 3 heterocycles. The van der Waals surface area contributed by atoms with Crippen molar-refractivity contribution in [3.05, 3.63) is 76.1 Å². The van der Waals surface area contributed by atoms with Crippen LogP contribution in [0.25, 0.3) is 0 Å². The lowest BCUT2D eigenvalue weighted by atomic mass is 10.1. The lowest BCUT2D eigenvalue weighted by Crippen LogP contribution is -2.36. The summed E-state index contributed by atoms with van der Waals surface area (Å²) in [4.78, 5) is 24.3. The first-order chi connectivity index (χ1) is 16.5. The van der Waals surface area contributed by atoms with Crippen LogP contribution in [0.2, 0.25) is 5.02 Å². The summed E-state index contributed by atoms with van der Waals surface area (Å²) < 4.78 is 2.07. The molecule has 8 heteroatoms. The van der Waals surface area contributed by atoms with Crippen LogP contribution >= 0.6 is 11.6 Å². The summed E-state index contributed by atoms with van der Waals surface area (Å²) in [6, 6.07) is 13.3. The van der Waals surface area contributed by atoms with Crippen molar-refractivity contribution in [1.82, 2.24) is 14.9 Å². The van der Waals surface area contributed by atoms with Gasteiger partial charge in [-0.1, -0.05) is 29.8 Å². The second-order valence-electron chi connectivity index (χ2n) is 8.76. The molecule has 1 fully saturated rings. The molecule has 7 nitrogen and oxygen atoms in total. The Morgan fingerprint density at radius 3 is 2.82 bits per heavy atom. The molecule has 2 aliphatic heterocycles. The Bertz CT molecular complexity index is 1270. The number of hydrogen-bond donors (Lipinski definition) is 2. The largest absolute Gasteiger partial charge is 0.355 e. The molecule has 1 unspecified atom stereocenters. The number of rotatable bonds is 8. The summed E-state index contributed by atoms with van der Waals surface area (Å²) in [6.07, 6.45) is 4.98. The van der Waals surface area contributed by atoms with E-state index in [1.54, 1.807) is 12.3 Å². The first-order valence-electron chi connectivity index (χ1n) is 11.7. The average Bonchev–Trinajstić information content (AvgIpc) is 2.79. The Kier molecular flexibility index (Phi) is 6.30. The van der Waals surface area contributed by atoms with E-state index in [4.69, 9.17) is 11.6 Å². The second kappa shape index (κ2) is 9.52. The van der Waals surface area contributed by atoms with Crippen LogP contribution in [-0.2, 0) is 6.54 Å². The molecule has 1 atom stereocenters. The number of fused-ring (bicyclic) bond motifs is 1. The van der Waals surface area contributed by atoms with Crippen LogP contribution in [0.4, 0.5) is 17.3 Å². The molecule has 174 valence electrons. The Balaban J connectivity index is 1.24. The van der Waals surface area contributed by atoms with E-state index in [0.29, 0.717) is 10.6 Å². The number of benzene rings is 2. The highest BCUT2D eigenvalue weighted by atomic mass is 35.5. The van der Waals surface area contributed by atoms with Crippen LogP contribution in [0.3, 0.4) is 0 Å². The number of hydrogen-bond acceptors (Lipinski definition) is 5. The van der Waals surface area contributed by atoms with Gasteiger partial charge in [0.2, 0.25) is 0 Å². The fraction of sp³-hybridized carbons (Fsp3) is 0.308. The van der Waals surface area contributed by atoms with Gasteiger partial charge in [0.05, 0.1) is 18.8 Å². The zero-order valence-corrected chi connectivity index (χ0v) is 20.1. The van der Waals surface area contributed by atoms with Gasteiger partial charge in [0, 0.05) is 22.8 Å². The molecule has 0 aliphatic carbocycles. The highest BCUT2D eigenvalue weighted by Crippen LogP contribution is 2.26. The summed E-state index contributed by atoms with van der Waals surface area (Å²) in [5, 5.41) is 7.03. The van der Waals surface area contributed by atoms with Crippen LogP contribution in [0.1, 0.15) is 53.5 Å². The van der Waals surface area contributed by atoms with Gasteiger partial charge in [-0.3, -0.25) is 9.69 Å². The predicted molar refractivity (Wildman–Crippen MR) is 135 cm³/mol. The molecular weight excluding hydrogens is 448 g/mol. The molecule has 3 aromatic rings. The molecule has 1 amide bonds. The van der Waals surface area contributed by atoms with Crippen molar-refractivity contribution in [3.63, 3.8) is 0 Å². The van der Waals surface area contributed by atoms with Crippen LogP contribution in [-0.4, -0.2) is 51.2 Å². The van der Waals surface area contributed by atoms with E-state index in [1.807, 2.05) is 42.6 Å². The maximum absolute atomic E-state index is 12.9. The summed E-state index contributed by atoms with van der Waals surface area (Å²) >= 11 is 6.46. The van der Waals surface area contributed by atoms with Crippen molar-refractivity contribution in [1.29, 1.82) is 0 Å². The normalized spacial score (nSPS) is 15.4. The van der Waals surface area contributed by atoms with Gasteiger partial charge in [-0.2, -0.15) is 0 Å². The zero-order chi connectivity index (χ0) is 23.7. The number of anilines is 2. The minimum atomic E-state index is -0.181. The van der Waals surface area contributed by atoms with Gasteiger partial charge in [-0.15, -0.1) is 0 Å². The summed E-state index contributed by atoms with van der Waals surface area (Å²) in [6.45, 7) is 8.06. The fourth-order valence-electron chi connectivity index (χ4n) is 4.14. The first kappa shape index (κ1) is 22.5. The monoisotopic (exact) mass is 475 g/mol. The van der Waals surface area contributed by atoms with Gasteiger partial charge in [0.1, 0.15) is 6.21 Å². The lowest BCUT2D eigenvalue weighted by Gasteiger charge is -2.30. The quantitative estimate of drug-likeness (QED) is 0.455. The SMILES string of the molecule is CC[N+]1=Cc2ncc(NC(C)c3cccc(NC(=O)c4ccc(CN5CCC5)c(Cl)c4)c3)nc21. The Labute approximate surface area is 204 Å². The number of amides is 1. The van der Waals surface area contributed by atoms with E-state index >= 15 is 0 Å². The second-order valence-corrected chi connectivity index (χ2v) is 9.17. The van der Waals surface area contributed by atoms with Crippen molar-refractivity contribution in [2.24, 2.45) is 0 Å². The third-order valence-corrected chi connectivity index (χ3v) is 6.69. The molecular formula is C26H28ClN6O+. The minimum absolute atomic E-state index is 0.0152. The molecule has 34 heavy (non-hydrogen) atoms. The summed E-state index contributed by atoms with van der Waals surface area (Å²) in [7, 11) is 0. The van der Waals surface area contributed by atoms with Gasteiger partial charge in [0.25, 0.3) is 11.7 Å². The van der Waals surface area contributed by atoms with E-state index in [2.05, 4.69) is 43.9 Å². The van der Waals surface area contributed by atoms with Gasteiger partial charge < -0.3 is 10.6 Å². The Morgan fingerprint density at radius 1 is 1.24 bits per heavy atom. The zero-order valence-electron chi connectivity index (χ0n) is 19.4. The van der Waals surface area contributed by atoms with Gasteiger partial charge >= 0.3 is 5.82 Å². The van der Waals surface area contributed by atoms with Gasteiger partial charge in [-0.05, 0) is 73.7 Å². The molecule has 0 saturated carbocycles. The predicted octanol–water partition coefficient (Wildman–Crippen LogP) is 4.86. The third kappa shape index (κ3) is 4.67. The van der Waals surface area contributed by atoms with Crippen molar-refractivity contribution in [3.8, 4) is 0 Å². The highest BCUT2D eigenvalue weighted by molar-refractivity contribution is 6.31. The number of likely N-dealkylation sites (tertiary alicyclic amines) is 1. The maximum atomic E-state index is 12.9. The molecule has 2 aromatic carbocycles. The Hall–Kier alpha value is -3.29. The van der Waals surface area contributed by atoms with Crippen LogP contribution in [0.5, 0.6) is 0 Å². The van der Waals surface area contributed by atoms with E-state index in [1.165, 1.54) is 6.42 Å². The molecule has 2 N–H and O–H groups in total.